The van der Waals surface area contributed by atoms with Gasteiger partial charge < -0.3 is 10.5 Å². The van der Waals surface area contributed by atoms with Gasteiger partial charge in [-0.2, -0.15) is 0 Å². The zero-order valence-corrected chi connectivity index (χ0v) is 9.75. The Balaban J connectivity index is 2.47. The van der Waals surface area contributed by atoms with E-state index in [2.05, 4.69) is 25.7 Å². The Morgan fingerprint density at radius 1 is 1.50 bits per heavy atom. The largest absolute Gasteiger partial charge is 0.377 e. The number of likely N-dealkylation sites (tertiary alicyclic amines) is 1. The van der Waals surface area contributed by atoms with Crippen LogP contribution in [0.4, 0.5) is 0 Å². The Hall–Kier alpha value is -0.120. The molecule has 1 heterocycles. The van der Waals surface area contributed by atoms with Crippen LogP contribution in [0.5, 0.6) is 0 Å². The van der Waals surface area contributed by atoms with Crippen LogP contribution in [-0.4, -0.2) is 42.8 Å². The molecule has 1 atom stereocenters. The van der Waals surface area contributed by atoms with Crippen LogP contribution in [0.2, 0.25) is 0 Å². The van der Waals surface area contributed by atoms with Crippen LogP contribution in [0.25, 0.3) is 0 Å². The maximum Gasteiger partial charge on any atom is 0.0702 e. The second-order valence-electron chi connectivity index (χ2n) is 4.68. The smallest absolute Gasteiger partial charge is 0.0702 e. The van der Waals surface area contributed by atoms with Gasteiger partial charge in [0.25, 0.3) is 0 Å². The van der Waals surface area contributed by atoms with Gasteiger partial charge in [-0.15, -0.1) is 0 Å². The molecule has 1 rings (SSSR count). The zero-order chi connectivity index (χ0) is 10.6. The SMILES string of the molecule is CCOC1CCCN(C(C)(C)CN)C1. The van der Waals surface area contributed by atoms with Gasteiger partial charge in [-0.3, -0.25) is 4.90 Å². The van der Waals surface area contributed by atoms with Crippen molar-refractivity contribution in [2.75, 3.05) is 26.2 Å². The van der Waals surface area contributed by atoms with Crippen molar-refractivity contribution in [2.24, 2.45) is 5.73 Å². The van der Waals surface area contributed by atoms with Crippen LogP contribution < -0.4 is 5.73 Å². The minimum absolute atomic E-state index is 0.121. The van der Waals surface area contributed by atoms with Gasteiger partial charge in [0.15, 0.2) is 0 Å². The molecule has 0 spiro atoms. The lowest BCUT2D eigenvalue weighted by atomic mass is 9.98. The summed E-state index contributed by atoms with van der Waals surface area (Å²) < 4.78 is 5.67. The van der Waals surface area contributed by atoms with Crippen LogP contribution in [0.3, 0.4) is 0 Å². The molecule has 1 aliphatic heterocycles. The first-order valence-corrected chi connectivity index (χ1v) is 5.67. The standard InChI is InChI=1S/C11H24N2O/c1-4-14-10-6-5-7-13(8-10)11(2,3)9-12/h10H,4-9,12H2,1-3H3. The van der Waals surface area contributed by atoms with Gasteiger partial charge in [0.2, 0.25) is 0 Å². The normalized spacial score (nSPS) is 25.3. The van der Waals surface area contributed by atoms with Gasteiger partial charge in [-0.1, -0.05) is 0 Å². The van der Waals surface area contributed by atoms with E-state index in [1.54, 1.807) is 0 Å². The van der Waals surface area contributed by atoms with E-state index in [0.717, 1.165) is 19.7 Å². The van der Waals surface area contributed by atoms with Crippen molar-refractivity contribution in [1.82, 2.24) is 4.90 Å². The molecule has 0 radical (unpaired) electrons. The van der Waals surface area contributed by atoms with Crippen LogP contribution in [-0.2, 0) is 4.74 Å². The van der Waals surface area contributed by atoms with Crippen molar-refractivity contribution in [3.05, 3.63) is 0 Å². The van der Waals surface area contributed by atoms with Crippen molar-refractivity contribution < 1.29 is 4.74 Å². The lowest BCUT2D eigenvalue weighted by Gasteiger charge is -2.42. The highest BCUT2D eigenvalue weighted by atomic mass is 16.5. The van der Waals surface area contributed by atoms with E-state index in [-0.39, 0.29) is 5.54 Å². The summed E-state index contributed by atoms with van der Waals surface area (Å²) in [6.07, 6.45) is 2.85. The summed E-state index contributed by atoms with van der Waals surface area (Å²) in [5.74, 6) is 0. The van der Waals surface area contributed by atoms with Gasteiger partial charge in [-0.05, 0) is 40.2 Å². The van der Waals surface area contributed by atoms with E-state index in [1.165, 1.54) is 12.8 Å². The van der Waals surface area contributed by atoms with Crippen molar-refractivity contribution in [3.63, 3.8) is 0 Å². The molecule has 1 unspecified atom stereocenters. The summed E-state index contributed by atoms with van der Waals surface area (Å²) in [5.41, 5.74) is 5.89. The summed E-state index contributed by atoms with van der Waals surface area (Å²) in [6, 6.07) is 0. The highest BCUT2D eigenvalue weighted by Gasteiger charge is 2.30. The maximum atomic E-state index is 5.77. The van der Waals surface area contributed by atoms with E-state index in [9.17, 15) is 0 Å². The first kappa shape index (κ1) is 12.0. The molecule has 0 aromatic rings. The van der Waals surface area contributed by atoms with Gasteiger partial charge in [0, 0.05) is 25.2 Å². The van der Waals surface area contributed by atoms with E-state index in [1.807, 2.05) is 0 Å². The predicted octanol–water partition coefficient (Wildman–Crippen LogP) is 1.22. The molecular weight excluding hydrogens is 176 g/mol. The number of nitrogens with two attached hydrogens (primary N) is 1. The Bertz CT molecular complexity index is 169. The molecule has 0 amide bonds. The number of piperidine rings is 1. The number of rotatable bonds is 4. The van der Waals surface area contributed by atoms with Crippen molar-refractivity contribution in [1.29, 1.82) is 0 Å². The average Bonchev–Trinajstić information content (AvgIpc) is 2.19. The molecule has 0 saturated carbocycles. The molecule has 2 N–H and O–H groups in total. The van der Waals surface area contributed by atoms with Crippen LogP contribution in [0, 0.1) is 0 Å². The number of hydrogen-bond acceptors (Lipinski definition) is 3. The predicted molar refractivity (Wildman–Crippen MR) is 59.4 cm³/mol. The third-order valence-electron chi connectivity index (χ3n) is 3.14. The average molecular weight is 200 g/mol. The summed E-state index contributed by atoms with van der Waals surface area (Å²) in [7, 11) is 0. The van der Waals surface area contributed by atoms with Gasteiger partial charge in [0.05, 0.1) is 6.10 Å². The summed E-state index contributed by atoms with van der Waals surface area (Å²) in [6.45, 7) is 10.2. The molecule has 3 nitrogen and oxygen atoms in total. The molecule has 0 bridgehead atoms. The Morgan fingerprint density at radius 2 is 2.21 bits per heavy atom. The number of hydrogen-bond donors (Lipinski definition) is 1. The fraction of sp³-hybridized carbons (Fsp3) is 1.00. The summed E-state index contributed by atoms with van der Waals surface area (Å²) >= 11 is 0. The van der Waals surface area contributed by atoms with Crippen molar-refractivity contribution in [2.45, 2.75) is 45.3 Å². The molecule has 1 aliphatic rings. The molecule has 0 aromatic heterocycles. The monoisotopic (exact) mass is 200 g/mol. The van der Waals surface area contributed by atoms with E-state index in [4.69, 9.17) is 10.5 Å². The molecule has 14 heavy (non-hydrogen) atoms. The molecule has 84 valence electrons. The van der Waals surface area contributed by atoms with Crippen molar-refractivity contribution in [3.8, 4) is 0 Å². The third kappa shape index (κ3) is 2.94. The Labute approximate surface area is 87.6 Å². The Morgan fingerprint density at radius 3 is 2.79 bits per heavy atom. The van der Waals surface area contributed by atoms with Crippen LogP contribution >= 0.6 is 0 Å². The second-order valence-corrected chi connectivity index (χ2v) is 4.68. The number of ether oxygens (including phenoxy) is 1. The summed E-state index contributed by atoms with van der Waals surface area (Å²) in [5, 5.41) is 0. The topological polar surface area (TPSA) is 38.5 Å². The highest BCUT2D eigenvalue weighted by molar-refractivity contribution is 4.87. The van der Waals surface area contributed by atoms with E-state index < -0.39 is 0 Å². The minimum Gasteiger partial charge on any atom is -0.377 e. The summed E-state index contributed by atoms with van der Waals surface area (Å²) in [4.78, 5) is 2.46. The Kier molecular flexibility index (Phi) is 4.35. The van der Waals surface area contributed by atoms with Gasteiger partial charge >= 0.3 is 0 Å². The molecule has 0 aliphatic carbocycles. The molecule has 0 aromatic carbocycles. The lowest BCUT2D eigenvalue weighted by Crippen LogP contribution is -2.54. The molecular formula is C11H24N2O. The lowest BCUT2D eigenvalue weighted by molar-refractivity contribution is -0.0235. The van der Waals surface area contributed by atoms with E-state index in [0.29, 0.717) is 12.6 Å². The van der Waals surface area contributed by atoms with E-state index >= 15 is 0 Å². The number of nitrogens with zero attached hydrogens (tertiary/aromatic N) is 1. The van der Waals surface area contributed by atoms with Gasteiger partial charge in [-0.25, -0.2) is 0 Å². The van der Waals surface area contributed by atoms with Crippen LogP contribution in [0.15, 0.2) is 0 Å². The molecule has 3 heteroatoms. The molecule has 1 fully saturated rings. The van der Waals surface area contributed by atoms with Crippen LogP contribution in [0.1, 0.15) is 33.6 Å². The first-order chi connectivity index (χ1) is 6.60. The quantitative estimate of drug-likeness (QED) is 0.741. The van der Waals surface area contributed by atoms with Crippen molar-refractivity contribution >= 4 is 0 Å². The maximum absolute atomic E-state index is 5.77. The highest BCUT2D eigenvalue weighted by Crippen LogP contribution is 2.21. The third-order valence-corrected chi connectivity index (χ3v) is 3.14. The fourth-order valence-corrected chi connectivity index (χ4v) is 1.99. The van der Waals surface area contributed by atoms with Gasteiger partial charge in [0.1, 0.15) is 0 Å². The first-order valence-electron chi connectivity index (χ1n) is 5.67. The second kappa shape index (κ2) is 5.10. The fourth-order valence-electron chi connectivity index (χ4n) is 1.99. The zero-order valence-electron chi connectivity index (χ0n) is 9.75. The minimum atomic E-state index is 0.121. The molecule has 1 saturated heterocycles.